The third-order valence-electron chi connectivity index (χ3n) is 6.52. The Morgan fingerprint density at radius 1 is 1.12 bits per heavy atom. The Labute approximate surface area is 227 Å². The lowest BCUT2D eigenvalue weighted by molar-refractivity contribution is -0.0101. The molecule has 0 aliphatic heterocycles. The predicted molar refractivity (Wildman–Crippen MR) is 144 cm³/mol. The number of anilines is 1. The van der Waals surface area contributed by atoms with Crippen molar-refractivity contribution in [2.24, 2.45) is 0 Å². The van der Waals surface area contributed by atoms with Gasteiger partial charge in [0.25, 0.3) is 5.92 Å². The topological polar surface area (TPSA) is 126 Å². The SMILES string of the molecule is CC(C)(C)OC(=O)N[C@H]1CC(F)(F)c2cc(-n3c(-c4cccnc4N)nc4ccc(-n5cccn5)nc43)ccc21. The number of aromatic nitrogens is 6. The molecule has 40 heavy (non-hydrogen) atoms. The molecule has 12 heteroatoms. The van der Waals surface area contributed by atoms with Crippen molar-refractivity contribution in [2.45, 2.75) is 44.8 Å². The van der Waals surface area contributed by atoms with Crippen LogP contribution in [0.2, 0.25) is 0 Å². The molecular formula is C28H26F2N8O2. The Kier molecular flexibility index (Phi) is 5.79. The van der Waals surface area contributed by atoms with Gasteiger partial charge in [0.15, 0.2) is 17.3 Å². The molecule has 0 unspecified atom stereocenters. The molecule has 4 heterocycles. The number of alkyl carbamates (subject to hydrolysis) is 1. The van der Waals surface area contributed by atoms with Crippen molar-refractivity contribution >= 4 is 23.1 Å². The second-order valence-electron chi connectivity index (χ2n) is 10.5. The van der Waals surface area contributed by atoms with E-state index < -0.39 is 30.1 Å². The maximum absolute atomic E-state index is 15.4. The number of rotatable bonds is 4. The highest BCUT2D eigenvalue weighted by atomic mass is 19.3. The molecule has 0 bridgehead atoms. The van der Waals surface area contributed by atoms with Crippen LogP contribution in [0.4, 0.5) is 19.4 Å². The zero-order chi connectivity index (χ0) is 28.2. The molecule has 0 radical (unpaired) electrons. The number of nitrogens with one attached hydrogen (secondary N) is 1. The van der Waals surface area contributed by atoms with Crippen molar-refractivity contribution < 1.29 is 18.3 Å². The van der Waals surface area contributed by atoms with Gasteiger partial charge in [0, 0.05) is 36.3 Å². The number of nitrogens with zero attached hydrogens (tertiary/aromatic N) is 6. The lowest BCUT2D eigenvalue weighted by atomic mass is 10.1. The van der Waals surface area contributed by atoms with Crippen LogP contribution in [0.5, 0.6) is 0 Å². The number of nitrogen functional groups attached to an aromatic ring is 1. The summed E-state index contributed by atoms with van der Waals surface area (Å²) in [6.07, 6.45) is 3.61. The van der Waals surface area contributed by atoms with E-state index in [2.05, 4.69) is 15.4 Å². The van der Waals surface area contributed by atoms with Crippen molar-refractivity contribution in [1.29, 1.82) is 0 Å². The summed E-state index contributed by atoms with van der Waals surface area (Å²) in [4.78, 5) is 26.1. The monoisotopic (exact) mass is 544 g/mol. The number of imidazole rings is 1. The van der Waals surface area contributed by atoms with Gasteiger partial charge in [-0.15, -0.1) is 0 Å². The Morgan fingerprint density at radius 3 is 2.67 bits per heavy atom. The number of fused-ring (bicyclic) bond motifs is 2. The van der Waals surface area contributed by atoms with E-state index in [-0.39, 0.29) is 11.4 Å². The molecule has 0 saturated heterocycles. The van der Waals surface area contributed by atoms with Crippen molar-refractivity contribution in [1.82, 2.24) is 34.6 Å². The predicted octanol–water partition coefficient (Wildman–Crippen LogP) is 5.31. The number of alkyl halides is 2. The van der Waals surface area contributed by atoms with Gasteiger partial charge >= 0.3 is 6.09 Å². The molecule has 3 N–H and O–H groups in total. The van der Waals surface area contributed by atoms with Gasteiger partial charge in [-0.1, -0.05) is 6.07 Å². The van der Waals surface area contributed by atoms with E-state index in [4.69, 9.17) is 20.4 Å². The molecule has 1 aliphatic rings. The van der Waals surface area contributed by atoms with Crippen LogP contribution < -0.4 is 11.1 Å². The molecule has 204 valence electrons. The van der Waals surface area contributed by atoms with Gasteiger partial charge < -0.3 is 15.8 Å². The van der Waals surface area contributed by atoms with E-state index in [0.29, 0.717) is 39.6 Å². The van der Waals surface area contributed by atoms with Gasteiger partial charge in [-0.25, -0.2) is 33.2 Å². The quantitative estimate of drug-likeness (QED) is 0.314. The summed E-state index contributed by atoms with van der Waals surface area (Å²) >= 11 is 0. The fourth-order valence-corrected chi connectivity index (χ4v) is 4.87. The third-order valence-corrected chi connectivity index (χ3v) is 6.52. The first-order chi connectivity index (χ1) is 19.0. The number of pyridine rings is 2. The first-order valence-electron chi connectivity index (χ1n) is 12.6. The lowest BCUT2D eigenvalue weighted by Crippen LogP contribution is -2.34. The Morgan fingerprint density at radius 2 is 1.95 bits per heavy atom. The van der Waals surface area contributed by atoms with Crippen LogP contribution in [0.1, 0.15) is 44.4 Å². The summed E-state index contributed by atoms with van der Waals surface area (Å²) in [5.74, 6) is -2.03. The van der Waals surface area contributed by atoms with E-state index in [0.717, 1.165) is 0 Å². The van der Waals surface area contributed by atoms with Crippen LogP contribution in [0.3, 0.4) is 0 Å². The second kappa shape index (κ2) is 9.11. The molecule has 6 rings (SSSR count). The highest BCUT2D eigenvalue weighted by Gasteiger charge is 2.46. The standard InChI is InChI=1S/C28H26F2N8O2/c1-27(2,3)40-26(39)35-21-15-28(29,30)19-14-16(7-8-17(19)21)38-24(18-6-4-11-32-23(18)31)34-20-9-10-22(36-25(20)38)37-13-5-12-33-37/h4-14,21H,15H2,1-3H3,(H2,31,32)(H,35,39)/t21-/m0/s1. The zero-order valence-corrected chi connectivity index (χ0v) is 22.0. The van der Waals surface area contributed by atoms with Crippen LogP contribution in [0.15, 0.2) is 67.1 Å². The number of hydrogen-bond donors (Lipinski definition) is 2. The highest BCUT2D eigenvalue weighted by molar-refractivity contribution is 5.83. The van der Waals surface area contributed by atoms with Gasteiger partial charge in [-0.3, -0.25) is 4.57 Å². The fraction of sp³-hybridized carbons (Fsp3) is 0.250. The van der Waals surface area contributed by atoms with E-state index in [1.54, 1.807) is 91.1 Å². The molecule has 0 fully saturated rings. The number of ether oxygens (including phenoxy) is 1. The van der Waals surface area contributed by atoms with Crippen LogP contribution in [0, 0.1) is 0 Å². The molecule has 4 aromatic heterocycles. The maximum atomic E-state index is 15.4. The molecule has 1 aliphatic carbocycles. The largest absolute Gasteiger partial charge is 0.444 e. The molecule has 1 amide bonds. The van der Waals surface area contributed by atoms with Crippen LogP contribution in [-0.2, 0) is 10.7 Å². The number of carbonyl (C=O) groups is 1. The minimum absolute atomic E-state index is 0.193. The summed E-state index contributed by atoms with van der Waals surface area (Å²) in [6, 6.07) is 12.6. The first-order valence-corrected chi connectivity index (χ1v) is 12.6. The van der Waals surface area contributed by atoms with Crippen LogP contribution in [0.25, 0.3) is 34.1 Å². The van der Waals surface area contributed by atoms with Crippen molar-refractivity contribution in [3.05, 3.63) is 78.2 Å². The van der Waals surface area contributed by atoms with Crippen LogP contribution >= 0.6 is 0 Å². The average molecular weight is 545 g/mol. The number of nitrogens with two attached hydrogens (primary N) is 1. The first kappa shape index (κ1) is 25.4. The number of carbonyl (C=O) groups excluding carboxylic acids is 1. The Balaban J connectivity index is 1.50. The van der Waals surface area contributed by atoms with Crippen molar-refractivity contribution in [2.75, 3.05) is 5.73 Å². The molecule has 0 saturated carbocycles. The minimum Gasteiger partial charge on any atom is -0.444 e. The number of hydrogen-bond acceptors (Lipinski definition) is 7. The summed E-state index contributed by atoms with van der Waals surface area (Å²) in [7, 11) is 0. The average Bonchev–Trinajstić information content (AvgIpc) is 3.60. The van der Waals surface area contributed by atoms with Gasteiger partial charge in [-0.2, -0.15) is 5.10 Å². The van der Waals surface area contributed by atoms with Gasteiger partial charge in [0.05, 0.1) is 11.6 Å². The van der Waals surface area contributed by atoms with E-state index >= 15 is 8.78 Å². The van der Waals surface area contributed by atoms with E-state index in [1.165, 1.54) is 6.07 Å². The molecule has 10 nitrogen and oxygen atoms in total. The van der Waals surface area contributed by atoms with Crippen molar-refractivity contribution in [3.63, 3.8) is 0 Å². The van der Waals surface area contributed by atoms with E-state index in [9.17, 15) is 4.79 Å². The molecule has 0 spiro atoms. The highest BCUT2D eigenvalue weighted by Crippen LogP contribution is 2.48. The van der Waals surface area contributed by atoms with Crippen molar-refractivity contribution in [3.8, 4) is 22.9 Å². The lowest BCUT2D eigenvalue weighted by Gasteiger charge is -2.22. The summed E-state index contributed by atoms with van der Waals surface area (Å²) in [6.45, 7) is 5.14. The number of benzene rings is 1. The van der Waals surface area contributed by atoms with Gasteiger partial charge in [0.1, 0.15) is 16.9 Å². The smallest absolute Gasteiger partial charge is 0.408 e. The van der Waals surface area contributed by atoms with Crippen LogP contribution in [-0.4, -0.2) is 41.0 Å². The normalized spacial score (nSPS) is 16.2. The van der Waals surface area contributed by atoms with Gasteiger partial charge in [0.2, 0.25) is 0 Å². The molecule has 1 atom stereocenters. The summed E-state index contributed by atoms with van der Waals surface area (Å²) in [5.41, 5.74) is 7.46. The number of halogens is 2. The number of amides is 1. The minimum atomic E-state index is -3.19. The molecular weight excluding hydrogens is 518 g/mol. The second-order valence-corrected chi connectivity index (χ2v) is 10.5. The zero-order valence-electron chi connectivity index (χ0n) is 22.0. The maximum Gasteiger partial charge on any atom is 0.408 e. The summed E-state index contributed by atoms with van der Waals surface area (Å²) < 4.78 is 39.3. The van der Waals surface area contributed by atoms with Gasteiger partial charge in [-0.05, 0) is 68.8 Å². The molecule has 1 aromatic carbocycles. The summed E-state index contributed by atoms with van der Waals surface area (Å²) in [5, 5.41) is 6.84. The Hall–Kier alpha value is -4.87. The third kappa shape index (κ3) is 4.51. The fourth-order valence-electron chi connectivity index (χ4n) is 4.87. The van der Waals surface area contributed by atoms with E-state index in [1.807, 2.05) is 0 Å². The molecule has 5 aromatic rings. The Bertz CT molecular complexity index is 1740.